The third-order valence-electron chi connectivity index (χ3n) is 6.65. The number of hydrogen-bond acceptors (Lipinski definition) is 4. The smallest absolute Gasteiger partial charge is 0.419 e. The molecule has 1 N–H and O–H groups in total. The van der Waals surface area contributed by atoms with Crippen molar-refractivity contribution in [1.29, 1.82) is 0 Å². The summed E-state index contributed by atoms with van der Waals surface area (Å²) < 4.78 is 12.7. The number of benzene rings is 3. The normalized spacial score (nSPS) is 13.3. The number of nitrogens with one attached hydrogen (secondary N) is 1. The highest BCUT2D eigenvalue weighted by atomic mass is 16.6. The van der Waals surface area contributed by atoms with E-state index >= 15 is 0 Å². The Kier molecular flexibility index (Phi) is 6.69. The maximum absolute atomic E-state index is 12.8. The van der Waals surface area contributed by atoms with Crippen LogP contribution in [-0.4, -0.2) is 35.0 Å². The Morgan fingerprint density at radius 3 is 2.21 bits per heavy atom. The number of rotatable bonds is 5. The second-order valence-corrected chi connectivity index (χ2v) is 10.4. The molecule has 0 radical (unpaired) electrons. The van der Waals surface area contributed by atoms with Crippen LogP contribution in [0.5, 0.6) is 0 Å². The number of para-hydroxylation sites is 1. The Hall–Kier alpha value is -4.50. The molecule has 1 aromatic heterocycles. The molecule has 0 saturated carbocycles. The average Bonchev–Trinajstić information content (AvgIpc) is 3.42. The lowest BCUT2D eigenvalue weighted by Gasteiger charge is -2.19. The minimum atomic E-state index is -0.629. The first-order valence-electron chi connectivity index (χ1n) is 12.6. The number of ether oxygens (including phenoxy) is 2. The van der Waals surface area contributed by atoms with Gasteiger partial charge in [0.2, 0.25) is 0 Å². The Morgan fingerprint density at radius 1 is 0.974 bits per heavy atom. The summed E-state index contributed by atoms with van der Waals surface area (Å²) in [5.41, 5.74) is 5.53. The van der Waals surface area contributed by atoms with Crippen LogP contribution in [0.2, 0.25) is 0 Å². The first kappa shape index (κ1) is 25.2. The van der Waals surface area contributed by atoms with E-state index in [0.717, 1.165) is 22.1 Å². The van der Waals surface area contributed by atoms with Crippen LogP contribution in [0.25, 0.3) is 22.0 Å². The van der Waals surface area contributed by atoms with Crippen molar-refractivity contribution < 1.29 is 19.1 Å². The van der Waals surface area contributed by atoms with Gasteiger partial charge < -0.3 is 14.8 Å². The molecular weight excluding hydrogens is 476 g/mol. The molecular formula is C32H30N2O4. The van der Waals surface area contributed by atoms with Crippen LogP contribution in [0, 0.1) is 12.3 Å². The molecule has 192 valence electrons. The first-order valence-corrected chi connectivity index (χ1v) is 12.6. The molecule has 5 rings (SSSR count). The lowest BCUT2D eigenvalue weighted by molar-refractivity contribution is 0.0544. The summed E-state index contributed by atoms with van der Waals surface area (Å²) in [4.78, 5) is 25.6. The van der Waals surface area contributed by atoms with Gasteiger partial charge in [0.15, 0.2) is 0 Å². The van der Waals surface area contributed by atoms with E-state index in [0.29, 0.717) is 11.9 Å². The van der Waals surface area contributed by atoms with Gasteiger partial charge in [0.25, 0.3) is 0 Å². The molecule has 1 atom stereocenters. The number of hydrogen-bond donors (Lipinski definition) is 1. The van der Waals surface area contributed by atoms with Gasteiger partial charge in [0.1, 0.15) is 12.2 Å². The van der Waals surface area contributed by atoms with Crippen molar-refractivity contribution in [3.05, 3.63) is 95.7 Å². The fourth-order valence-electron chi connectivity index (χ4n) is 5.03. The van der Waals surface area contributed by atoms with Crippen molar-refractivity contribution >= 4 is 23.1 Å². The number of carbonyl (C=O) groups is 2. The third kappa shape index (κ3) is 5.01. The van der Waals surface area contributed by atoms with Crippen molar-refractivity contribution in [2.45, 2.75) is 44.8 Å². The summed E-state index contributed by atoms with van der Waals surface area (Å²) in [6, 6.07) is 23.3. The van der Waals surface area contributed by atoms with Gasteiger partial charge in [-0.3, -0.25) is 4.57 Å². The molecule has 1 amide bonds. The monoisotopic (exact) mass is 506 g/mol. The second kappa shape index (κ2) is 10.1. The van der Waals surface area contributed by atoms with Gasteiger partial charge in [0.05, 0.1) is 11.6 Å². The maximum atomic E-state index is 12.8. The van der Waals surface area contributed by atoms with Gasteiger partial charge in [-0.2, -0.15) is 0 Å². The Labute approximate surface area is 222 Å². The highest BCUT2D eigenvalue weighted by molar-refractivity contribution is 5.92. The van der Waals surface area contributed by atoms with Gasteiger partial charge >= 0.3 is 12.2 Å². The molecule has 38 heavy (non-hydrogen) atoms. The van der Waals surface area contributed by atoms with E-state index < -0.39 is 23.8 Å². The zero-order chi connectivity index (χ0) is 26.9. The molecule has 0 fully saturated rings. The molecule has 0 saturated heterocycles. The highest BCUT2D eigenvalue weighted by Crippen LogP contribution is 2.44. The summed E-state index contributed by atoms with van der Waals surface area (Å²) in [5, 5.41) is 3.67. The van der Waals surface area contributed by atoms with Crippen molar-refractivity contribution in [3.8, 4) is 23.5 Å². The number of fused-ring (bicyclic) bond motifs is 4. The quantitative estimate of drug-likeness (QED) is 0.314. The van der Waals surface area contributed by atoms with Crippen LogP contribution >= 0.6 is 0 Å². The topological polar surface area (TPSA) is 69.6 Å². The summed E-state index contributed by atoms with van der Waals surface area (Å²) >= 11 is 0. The fraction of sp³-hybridized carbons (Fsp3) is 0.250. The summed E-state index contributed by atoms with van der Waals surface area (Å²) in [6.45, 7) is 5.67. The Balaban J connectivity index is 1.28. The summed E-state index contributed by atoms with van der Waals surface area (Å²) in [6.07, 6.45) is 6.80. The number of terminal acetylenes is 1. The molecule has 0 unspecified atom stereocenters. The SMILES string of the molecule is C#C[C@H](Cc1cn(C(=O)OC(C)(C)C)c2ccccc12)NC(=O)OCC1c2ccccc2-c2ccccc21. The second-order valence-electron chi connectivity index (χ2n) is 10.4. The minimum absolute atomic E-state index is 0.0377. The van der Waals surface area contributed by atoms with Crippen LogP contribution in [0.3, 0.4) is 0 Å². The van der Waals surface area contributed by atoms with E-state index in [9.17, 15) is 9.59 Å². The van der Waals surface area contributed by atoms with Crippen LogP contribution in [-0.2, 0) is 15.9 Å². The van der Waals surface area contributed by atoms with E-state index in [1.807, 2.05) is 69.3 Å². The minimum Gasteiger partial charge on any atom is -0.449 e. The van der Waals surface area contributed by atoms with Gasteiger partial charge in [-0.25, -0.2) is 9.59 Å². The van der Waals surface area contributed by atoms with E-state index in [1.165, 1.54) is 15.7 Å². The van der Waals surface area contributed by atoms with Crippen molar-refractivity contribution in [2.24, 2.45) is 0 Å². The number of alkyl carbamates (subject to hydrolysis) is 1. The third-order valence-corrected chi connectivity index (χ3v) is 6.65. The Morgan fingerprint density at radius 2 is 1.58 bits per heavy atom. The van der Waals surface area contributed by atoms with Gasteiger partial charge in [-0.15, -0.1) is 6.42 Å². The number of aromatic nitrogens is 1. The van der Waals surface area contributed by atoms with Gasteiger partial charge in [0, 0.05) is 23.9 Å². The van der Waals surface area contributed by atoms with E-state index in [1.54, 1.807) is 6.20 Å². The van der Waals surface area contributed by atoms with Crippen LogP contribution < -0.4 is 5.32 Å². The molecule has 0 bridgehead atoms. The number of carbonyl (C=O) groups excluding carboxylic acids is 2. The van der Waals surface area contributed by atoms with E-state index in [4.69, 9.17) is 15.9 Å². The largest absolute Gasteiger partial charge is 0.449 e. The first-order chi connectivity index (χ1) is 18.2. The van der Waals surface area contributed by atoms with Gasteiger partial charge in [-0.05, 0) is 54.7 Å². The molecule has 1 aliphatic carbocycles. The molecule has 6 heteroatoms. The predicted molar refractivity (Wildman–Crippen MR) is 148 cm³/mol. The Bertz CT molecular complexity index is 1510. The molecule has 1 aliphatic rings. The van der Waals surface area contributed by atoms with Crippen molar-refractivity contribution in [3.63, 3.8) is 0 Å². The lowest BCUT2D eigenvalue weighted by atomic mass is 9.98. The van der Waals surface area contributed by atoms with Crippen LogP contribution in [0.4, 0.5) is 9.59 Å². The fourth-order valence-corrected chi connectivity index (χ4v) is 5.03. The van der Waals surface area contributed by atoms with Crippen molar-refractivity contribution in [1.82, 2.24) is 9.88 Å². The lowest BCUT2D eigenvalue weighted by Crippen LogP contribution is -2.36. The molecule has 4 aromatic rings. The molecule has 1 heterocycles. The van der Waals surface area contributed by atoms with Gasteiger partial charge in [-0.1, -0.05) is 72.7 Å². The molecule has 3 aromatic carbocycles. The summed E-state index contributed by atoms with van der Waals surface area (Å²) in [5.74, 6) is 2.61. The maximum Gasteiger partial charge on any atom is 0.419 e. The van der Waals surface area contributed by atoms with E-state index in [2.05, 4.69) is 35.5 Å². The standard InChI is InChI=1S/C32H30N2O4/c1-5-22(18-21-19-34(31(36)38-32(2,3)4)29-17-11-10-12-23(21)29)33-30(35)37-20-28-26-15-8-6-13-24(26)25-14-7-9-16-27(25)28/h1,6-17,19,22,28H,18,20H2,2-4H3,(H,33,35)/t22-/m1/s1. The zero-order valence-electron chi connectivity index (χ0n) is 21.7. The number of nitrogens with zero attached hydrogens (tertiary/aromatic N) is 1. The van der Waals surface area contributed by atoms with Crippen molar-refractivity contribution in [2.75, 3.05) is 6.61 Å². The average molecular weight is 507 g/mol. The number of amides is 1. The summed E-state index contributed by atoms with van der Waals surface area (Å²) in [7, 11) is 0. The molecule has 0 aliphatic heterocycles. The van der Waals surface area contributed by atoms with Crippen LogP contribution in [0.1, 0.15) is 43.4 Å². The van der Waals surface area contributed by atoms with Crippen LogP contribution in [0.15, 0.2) is 79.0 Å². The predicted octanol–water partition coefficient (Wildman–Crippen LogP) is 6.51. The molecule has 6 nitrogen and oxygen atoms in total. The van der Waals surface area contributed by atoms with E-state index in [-0.39, 0.29) is 12.5 Å². The highest BCUT2D eigenvalue weighted by Gasteiger charge is 2.29. The zero-order valence-corrected chi connectivity index (χ0v) is 21.7. The molecule has 0 spiro atoms.